The van der Waals surface area contributed by atoms with Gasteiger partial charge in [-0.25, -0.2) is 4.98 Å². The number of H-pyrrole nitrogens is 1. The van der Waals surface area contributed by atoms with E-state index in [1.54, 1.807) is 0 Å². The largest absolute Gasteiger partial charge is 0.491 e. The maximum absolute atomic E-state index is 12.1. The minimum atomic E-state index is 0.149. The van der Waals surface area contributed by atoms with Crippen LogP contribution in [0.3, 0.4) is 0 Å². The van der Waals surface area contributed by atoms with Gasteiger partial charge in [0.25, 0.3) is 0 Å². The van der Waals surface area contributed by atoms with E-state index in [-0.39, 0.29) is 17.9 Å². The molecule has 24 heavy (non-hydrogen) atoms. The number of hydrogen-bond acceptors (Lipinski definition) is 3. The lowest BCUT2D eigenvalue weighted by Crippen LogP contribution is -2.27. The summed E-state index contributed by atoms with van der Waals surface area (Å²) in [5, 5.41) is 0. The Kier molecular flexibility index (Phi) is 3.79. The van der Waals surface area contributed by atoms with Crippen molar-refractivity contribution in [1.82, 2.24) is 14.9 Å². The van der Waals surface area contributed by atoms with Gasteiger partial charge in [0, 0.05) is 30.5 Å². The first-order valence-electron chi connectivity index (χ1n) is 8.71. The van der Waals surface area contributed by atoms with Crippen LogP contribution in [0.25, 0.3) is 11.3 Å². The van der Waals surface area contributed by atoms with Crippen LogP contribution in [0.5, 0.6) is 5.75 Å². The first-order valence-corrected chi connectivity index (χ1v) is 8.71. The Morgan fingerprint density at radius 3 is 2.92 bits per heavy atom. The molecule has 1 aromatic heterocycles. The highest BCUT2D eigenvalue weighted by Gasteiger charge is 2.40. The van der Waals surface area contributed by atoms with Crippen molar-refractivity contribution in [2.75, 3.05) is 6.54 Å². The van der Waals surface area contributed by atoms with Crippen LogP contribution in [0, 0.1) is 0 Å². The highest BCUT2D eigenvalue weighted by Crippen LogP contribution is 2.36. The van der Waals surface area contributed by atoms with Crippen molar-refractivity contribution in [1.29, 1.82) is 0 Å². The van der Waals surface area contributed by atoms with Crippen molar-refractivity contribution in [3.05, 3.63) is 36.3 Å². The quantitative estimate of drug-likeness (QED) is 0.917. The maximum atomic E-state index is 12.1. The minimum Gasteiger partial charge on any atom is -0.491 e. The fourth-order valence-corrected chi connectivity index (χ4v) is 3.35. The summed E-state index contributed by atoms with van der Waals surface area (Å²) in [6.07, 6.45) is 4.89. The molecule has 2 aromatic rings. The van der Waals surface area contributed by atoms with E-state index in [1.165, 1.54) is 0 Å². The molecule has 5 heteroatoms. The van der Waals surface area contributed by atoms with Crippen molar-refractivity contribution < 1.29 is 9.53 Å². The van der Waals surface area contributed by atoms with Crippen molar-refractivity contribution in [3.8, 4) is 17.0 Å². The molecule has 1 saturated heterocycles. The molecular formula is C19H23N3O2. The zero-order chi connectivity index (χ0) is 16.7. The molecule has 1 atom stereocenters. The number of likely N-dealkylation sites (tertiary alicyclic amines) is 1. The number of carbonyl (C=O) groups excluding carboxylic acids is 1. The Hall–Kier alpha value is -2.30. The molecule has 1 unspecified atom stereocenters. The molecule has 1 N–H and O–H groups in total. The zero-order valence-corrected chi connectivity index (χ0v) is 14.2. The zero-order valence-electron chi connectivity index (χ0n) is 14.2. The van der Waals surface area contributed by atoms with E-state index >= 15 is 0 Å². The summed E-state index contributed by atoms with van der Waals surface area (Å²) >= 11 is 0. The van der Waals surface area contributed by atoms with E-state index in [1.807, 2.05) is 49.2 Å². The number of hydrogen-bond donors (Lipinski definition) is 1. The lowest BCUT2D eigenvalue weighted by molar-refractivity contribution is -0.128. The number of aromatic amines is 1. The number of ether oxygens (including phenoxy) is 1. The maximum Gasteiger partial charge on any atom is 0.223 e. The van der Waals surface area contributed by atoms with Crippen LogP contribution >= 0.6 is 0 Å². The molecular weight excluding hydrogens is 302 g/mol. The molecule has 1 aliphatic heterocycles. The number of nitrogens with zero attached hydrogens (tertiary/aromatic N) is 2. The molecule has 2 heterocycles. The molecule has 0 spiro atoms. The molecule has 2 aliphatic rings. The molecule has 5 nitrogen and oxygen atoms in total. The molecule has 4 rings (SSSR count). The third-order valence-corrected chi connectivity index (χ3v) is 4.65. The van der Waals surface area contributed by atoms with Gasteiger partial charge in [0.1, 0.15) is 11.6 Å². The summed E-state index contributed by atoms with van der Waals surface area (Å²) in [6.45, 7) is 4.83. The Labute approximate surface area is 142 Å². The van der Waals surface area contributed by atoms with E-state index in [0.717, 1.165) is 42.2 Å². The second kappa shape index (κ2) is 5.96. The number of aromatic nitrogens is 2. The van der Waals surface area contributed by atoms with E-state index in [4.69, 9.17) is 4.74 Å². The van der Waals surface area contributed by atoms with Gasteiger partial charge in [-0.3, -0.25) is 4.79 Å². The predicted octanol–water partition coefficient (Wildman–Crippen LogP) is 3.34. The van der Waals surface area contributed by atoms with Crippen molar-refractivity contribution in [3.63, 3.8) is 0 Å². The lowest BCUT2D eigenvalue weighted by atomic mass is 10.1. The van der Waals surface area contributed by atoms with Crippen LogP contribution in [-0.2, 0) is 4.79 Å². The first kappa shape index (κ1) is 15.2. The van der Waals surface area contributed by atoms with Gasteiger partial charge in [0.2, 0.25) is 5.91 Å². The molecule has 1 amide bonds. The molecule has 1 saturated carbocycles. The Morgan fingerprint density at radius 2 is 2.17 bits per heavy atom. The summed E-state index contributed by atoms with van der Waals surface area (Å²) in [5.74, 6) is 2.22. The van der Waals surface area contributed by atoms with Crippen molar-refractivity contribution in [2.24, 2.45) is 0 Å². The standard InChI is InChI=1S/C19H23N3O2/c1-12(2)24-16-5-3-4-13(8-16)17-10-20-19(21-17)14-9-18(23)22(11-14)15-6-7-15/h3-5,8,10,12,14-15H,6-7,9,11H2,1-2H3,(H,20,21). The lowest BCUT2D eigenvalue weighted by Gasteiger charge is -2.14. The summed E-state index contributed by atoms with van der Waals surface area (Å²) in [4.78, 5) is 22.1. The summed E-state index contributed by atoms with van der Waals surface area (Å²) < 4.78 is 5.76. The van der Waals surface area contributed by atoms with Gasteiger partial charge in [-0.05, 0) is 38.8 Å². The van der Waals surface area contributed by atoms with Crippen LogP contribution < -0.4 is 4.74 Å². The van der Waals surface area contributed by atoms with Gasteiger partial charge in [-0.15, -0.1) is 0 Å². The molecule has 0 bridgehead atoms. The molecule has 0 radical (unpaired) electrons. The summed E-state index contributed by atoms with van der Waals surface area (Å²) in [5.41, 5.74) is 2.02. The van der Waals surface area contributed by atoms with Gasteiger partial charge in [0.05, 0.1) is 18.0 Å². The van der Waals surface area contributed by atoms with Crippen LogP contribution in [0.1, 0.15) is 44.9 Å². The Morgan fingerprint density at radius 1 is 1.33 bits per heavy atom. The van der Waals surface area contributed by atoms with Crippen LogP contribution in [0.2, 0.25) is 0 Å². The summed E-state index contributed by atoms with van der Waals surface area (Å²) in [7, 11) is 0. The van der Waals surface area contributed by atoms with Gasteiger partial charge in [-0.2, -0.15) is 0 Å². The SMILES string of the molecule is CC(C)Oc1cccc(-c2cnc(C3CC(=O)N(C4CC4)C3)[nH]2)c1. The smallest absolute Gasteiger partial charge is 0.223 e. The fraction of sp³-hybridized carbons (Fsp3) is 0.474. The van der Waals surface area contributed by atoms with Gasteiger partial charge >= 0.3 is 0 Å². The minimum absolute atomic E-state index is 0.149. The van der Waals surface area contributed by atoms with Gasteiger partial charge in [-0.1, -0.05) is 12.1 Å². The number of rotatable bonds is 5. The molecule has 1 aromatic carbocycles. The Balaban J connectivity index is 1.52. The topological polar surface area (TPSA) is 58.2 Å². The van der Waals surface area contributed by atoms with Crippen molar-refractivity contribution in [2.45, 2.75) is 51.2 Å². The second-order valence-corrected chi connectivity index (χ2v) is 7.05. The number of nitrogens with one attached hydrogen (secondary N) is 1. The fourth-order valence-electron chi connectivity index (χ4n) is 3.35. The average molecular weight is 325 g/mol. The van der Waals surface area contributed by atoms with E-state index in [9.17, 15) is 4.79 Å². The first-order chi connectivity index (χ1) is 11.6. The van der Waals surface area contributed by atoms with E-state index in [2.05, 4.69) is 9.97 Å². The highest BCUT2D eigenvalue weighted by molar-refractivity contribution is 5.80. The average Bonchev–Trinajstić information content (AvgIpc) is 3.13. The highest BCUT2D eigenvalue weighted by atomic mass is 16.5. The van der Waals surface area contributed by atoms with Gasteiger partial charge < -0.3 is 14.6 Å². The second-order valence-electron chi connectivity index (χ2n) is 7.05. The van der Waals surface area contributed by atoms with Crippen molar-refractivity contribution >= 4 is 5.91 Å². The number of benzene rings is 1. The van der Waals surface area contributed by atoms with E-state index in [0.29, 0.717) is 12.5 Å². The van der Waals surface area contributed by atoms with Crippen LogP contribution in [-0.4, -0.2) is 39.5 Å². The Bertz CT molecular complexity index is 749. The number of amides is 1. The summed E-state index contributed by atoms with van der Waals surface area (Å²) in [6, 6.07) is 8.50. The normalized spacial score (nSPS) is 20.9. The molecule has 1 aliphatic carbocycles. The predicted molar refractivity (Wildman–Crippen MR) is 91.9 cm³/mol. The molecule has 126 valence electrons. The van der Waals surface area contributed by atoms with Crippen LogP contribution in [0.15, 0.2) is 30.5 Å². The number of imidazole rings is 1. The monoisotopic (exact) mass is 325 g/mol. The molecule has 2 fully saturated rings. The van der Waals surface area contributed by atoms with E-state index < -0.39 is 0 Å². The number of carbonyl (C=O) groups is 1. The van der Waals surface area contributed by atoms with Crippen LogP contribution in [0.4, 0.5) is 0 Å². The third kappa shape index (κ3) is 3.03. The van der Waals surface area contributed by atoms with Gasteiger partial charge in [0.15, 0.2) is 0 Å². The third-order valence-electron chi connectivity index (χ3n) is 4.65.